The molecule has 1 aliphatic heterocycles. The van der Waals surface area contributed by atoms with Crippen LogP contribution in [0.25, 0.3) is 0 Å². The Balaban J connectivity index is 2.09. The highest BCUT2D eigenvalue weighted by atomic mass is 35.5. The molecule has 0 atom stereocenters. The van der Waals surface area contributed by atoms with Crippen molar-refractivity contribution in [1.29, 1.82) is 0 Å². The molecule has 3 nitrogen and oxygen atoms in total. The van der Waals surface area contributed by atoms with Crippen molar-refractivity contribution in [3.63, 3.8) is 0 Å². The van der Waals surface area contributed by atoms with Crippen molar-refractivity contribution in [2.75, 3.05) is 18.6 Å². The molecule has 4 heteroatoms. The molecule has 0 bridgehead atoms. The number of carbonyl (C=O) groups is 1. The van der Waals surface area contributed by atoms with Crippen LogP contribution in [0.4, 0.5) is 11.4 Å². The summed E-state index contributed by atoms with van der Waals surface area (Å²) in [4.78, 5) is 14.1. The van der Waals surface area contributed by atoms with Crippen molar-refractivity contribution in [2.24, 2.45) is 0 Å². The molecule has 2 aromatic carbocycles. The van der Waals surface area contributed by atoms with Crippen LogP contribution in [0, 0.1) is 0 Å². The molecule has 0 N–H and O–H groups in total. The summed E-state index contributed by atoms with van der Waals surface area (Å²) in [6, 6.07) is 13.2. The number of nitrogens with zero attached hydrogens (tertiary/aromatic N) is 1. The topological polar surface area (TPSA) is 29.5 Å². The molecule has 0 aromatic heterocycles. The number of halogens is 1. The quantitative estimate of drug-likeness (QED) is 0.834. The highest BCUT2D eigenvalue weighted by Gasteiger charge is 2.24. The lowest BCUT2D eigenvalue weighted by molar-refractivity contribution is 0.0981. The molecule has 0 fully saturated rings. The van der Waals surface area contributed by atoms with Gasteiger partial charge in [-0.25, -0.2) is 0 Å². The predicted octanol–water partition coefficient (Wildman–Crippen LogP) is 4.07. The van der Waals surface area contributed by atoms with Gasteiger partial charge in [-0.1, -0.05) is 11.6 Å². The minimum Gasteiger partial charge on any atom is -0.497 e. The fourth-order valence-electron chi connectivity index (χ4n) is 2.46. The number of ketones is 1. The molecular weight excluding hydrogens is 274 g/mol. The average molecular weight is 288 g/mol. The van der Waals surface area contributed by atoms with Gasteiger partial charge < -0.3 is 9.64 Å². The van der Waals surface area contributed by atoms with Crippen molar-refractivity contribution in [3.05, 3.63) is 53.1 Å². The van der Waals surface area contributed by atoms with E-state index in [1.807, 2.05) is 42.5 Å². The summed E-state index contributed by atoms with van der Waals surface area (Å²) in [6.45, 7) is 0.667. The van der Waals surface area contributed by atoms with Gasteiger partial charge in [-0.15, -0.1) is 0 Å². The van der Waals surface area contributed by atoms with Gasteiger partial charge in [0.25, 0.3) is 0 Å². The molecule has 0 saturated heterocycles. The zero-order valence-electron chi connectivity index (χ0n) is 11.1. The molecule has 102 valence electrons. The number of Topliss-reactive ketones (excluding diaryl/α,β-unsaturated/α-hetero) is 1. The lowest BCUT2D eigenvalue weighted by Gasteiger charge is -2.31. The van der Waals surface area contributed by atoms with Gasteiger partial charge in [0.2, 0.25) is 0 Å². The van der Waals surface area contributed by atoms with E-state index in [4.69, 9.17) is 16.3 Å². The summed E-state index contributed by atoms with van der Waals surface area (Å²) in [5.41, 5.74) is 2.66. The summed E-state index contributed by atoms with van der Waals surface area (Å²) in [5, 5.41) is 0.702. The predicted molar refractivity (Wildman–Crippen MR) is 80.4 cm³/mol. The Morgan fingerprint density at radius 2 is 1.90 bits per heavy atom. The van der Waals surface area contributed by atoms with Gasteiger partial charge >= 0.3 is 0 Å². The molecule has 0 aliphatic carbocycles. The van der Waals surface area contributed by atoms with Crippen LogP contribution in [0.1, 0.15) is 16.8 Å². The van der Waals surface area contributed by atoms with Gasteiger partial charge in [0.05, 0.1) is 12.8 Å². The summed E-state index contributed by atoms with van der Waals surface area (Å²) in [5.74, 6) is 0.922. The Kier molecular flexibility index (Phi) is 3.36. The van der Waals surface area contributed by atoms with Crippen LogP contribution in [-0.2, 0) is 0 Å². The Labute approximate surface area is 122 Å². The highest BCUT2D eigenvalue weighted by molar-refractivity contribution is 6.30. The van der Waals surface area contributed by atoms with E-state index in [0.29, 0.717) is 18.0 Å². The van der Waals surface area contributed by atoms with E-state index in [-0.39, 0.29) is 5.78 Å². The molecule has 0 saturated carbocycles. The average Bonchev–Trinajstić information content (AvgIpc) is 2.48. The number of carbonyl (C=O) groups excluding carboxylic acids is 1. The van der Waals surface area contributed by atoms with Gasteiger partial charge in [-0.05, 0) is 36.4 Å². The molecule has 0 spiro atoms. The monoisotopic (exact) mass is 287 g/mol. The molecule has 1 heterocycles. The van der Waals surface area contributed by atoms with E-state index in [0.717, 1.165) is 22.7 Å². The van der Waals surface area contributed by atoms with Crippen LogP contribution in [0.5, 0.6) is 5.75 Å². The van der Waals surface area contributed by atoms with E-state index < -0.39 is 0 Å². The van der Waals surface area contributed by atoms with Crippen LogP contribution in [-0.4, -0.2) is 19.4 Å². The van der Waals surface area contributed by atoms with Crippen molar-refractivity contribution >= 4 is 28.8 Å². The Bertz CT molecular complexity index is 652. The number of ether oxygens (including phenoxy) is 1. The fourth-order valence-corrected chi connectivity index (χ4v) is 2.58. The van der Waals surface area contributed by atoms with Crippen LogP contribution in [0.3, 0.4) is 0 Å². The molecule has 3 rings (SSSR count). The lowest BCUT2D eigenvalue weighted by Crippen LogP contribution is -2.27. The third kappa shape index (κ3) is 2.25. The van der Waals surface area contributed by atoms with Crippen LogP contribution in [0.15, 0.2) is 42.5 Å². The molecule has 20 heavy (non-hydrogen) atoms. The van der Waals surface area contributed by atoms with E-state index in [1.54, 1.807) is 7.11 Å². The number of fused-ring (bicyclic) bond motifs is 1. The first-order valence-electron chi connectivity index (χ1n) is 6.43. The maximum absolute atomic E-state index is 12.0. The van der Waals surface area contributed by atoms with E-state index in [2.05, 4.69) is 4.90 Å². The molecule has 0 amide bonds. The van der Waals surface area contributed by atoms with Crippen LogP contribution in [0.2, 0.25) is 5.02 Å². The molecule has 2 aromatic rings. The number of hydrogen-bond acceptors (Lipinski definition) is 3. The van der Waals surface area contributed by atoms with Gasteiger partial charge in [0.15, 0.2) is 5.78 Å². The third-order valence-corrected chi connectivity index (χ3v) is 3.75. The van der Waals surface area contributed by atoms with Gasteiger partial charge in [0.1, 0.15) is 5.75 Å². The second-order valence-corrected chi connectivity index (χ2v) is 5.12. The summed E-state index contributed by atoms with van der Waals surface area (Å²) < 4.78 is 5.26. The normalized spacial score (nSPS) is 14.1. The Morgan fingerprint density at radius 3 is 2.60 bits per heavy atom. The Morgan fingerprint density at radius 1 is 1.15 bits per heavy atom. The van der Waals surface area contributed by atoms with Crippen molar-refractivity contribution < 1.29 is 9.53 Å². The zero-order chi connectivity index (χ0) is 14.1. The maximum Gasteiger partial charge on any atom is 0.166 e. The minimum absolute atomic E-state index is 0.174. The largest absolute Gasteiger partial charge is 0.497 e. The fraction of sp³-hybridized carbons (Fsp3) is 0.188. The van der Waals surface area contributed by atoms with Crippen molar-refractivity contribution in [3.8, 4) is 5.75 Å². The second kappa shape index (κ2) is 5.17. The molecule has 0 radical (unpaired) electrons. The first-order valence-corrected chi connectivity index (χ1v) is 6.81. The van der Waals surface area contributed by atoms with Crippen molar-refractivity contribution in [2.45, 2.75) is 6.42 Å². The number of methoxy groups -OCH3 is 1. The second-order valence-electron chi connectivity index (χ2n) is 4.68. The molecule has 1 aliphatic rings. The Hall–Kier alpha value is -2.00. The van der Waals surface area contributed by atoms with Crippen LogP contribution >= 0.6 is 11.6 Å². The summed E-state index contributed by atoms with van der Waals surface area (Å²) in [7, 11) is 1.62. The summed E-state index contributed by atoms with van der Waals surface area (Å²) >= 11 is 5.93. The van der Waals surface area contributed by atoms with Crippen molar-refractivity contribution in [1.82, 2.24) is 0 Å². The third-order valence-electron chi connectivity index (χ3n) is 3.50. The SMILES string of the molecule is COc1ccc2c(c1)N(c1ccc(Cl)cc1)CCC2=O. The zero-order valence-corrected chi connectivity index (χ0v) is 11.9. The van der Waals surface area contributed by atoms with E-state index in [1.165, 1.54) is 0 Å². The van der Waals surface area contributed by atoms with Crippen LogP contribution < -0.4 is 9.64 Å². The minimum atomic E-state index is 0.174. The standard InChI is InChI=1S/C16H14ClNO2/c1-20-13-6-7-14-15(10-13)18(9-8-16(14)19)12-4-2-11(17)3-5-12/h2-7,10H,8-9H2,1H3. The van der Waals surface area contributed by atoms with Gasteiger partial charge in [0, 0.05) is 35.3 Å². The summed E-state index contributed by atoms with van der Waals surface area (Å²) in [6.07, 6.45) is 0.516. The first-order chi connectivity index (χ1) is 9.69. The molecular formula is C16H14ClNO2. The number of rotatable bonds is 2. The first kappa shape index (κ1) is 13.0. The van der Waals surface area contributed by atoms with E-state index in [9.17, 15) is 4.79 Å². The van der Waals surface area contributed by atoms with E-state index >= 15 is 0 Å². The van der Waals surface area contributed by atoms with Gasteiger partial charge in [-0.3, -0.25) is 4.79 Å². The maximum atomic E-state index is 12.0. The lowest BCUT2D eigenvalue weighted by atomic mass is 9.99. The number of hydrogen-bond donors (Lipinski definition) is 0. The highest BCUT2D eigenvalue weighted by Crippen LogP contribution is 2.36. The molecule has 0 unspecified atom stereocenters. The smallest absolute Gasteiger partial charge is 0.166 e. The van der Waals surface area contributed by atoms with Gasteiger partial charge in [-0.2, -0.15) is 0 Å². The number of anilines is 2. The number of benzene rings is 2.